The molecule has 1 aliphatic heterocycles. The molecule has 0 aromatic heterocycles. The molecule has 0 saturated carbocycles. The molecule has 1 fully saturated rings. The van der Waals surface area contributed by atoms with E-state index in [2.05, 4.69) is 4.90 Å². The normalized spacial score (nSPS) is 18.3. The van der Waals surface area contributed by atoms with Gasteiger partial charge in [-0.1, -0.05) is 24.3 Å². The van der Waals surface area contributed by atoms with E-state index in [1.54, 1.807) is 19.2 Å². The third kappa shape index (κ3) is 3.82. The summed E-state index contributed by atoms with van der Waals surface area (Å²) in [5, 5.41) is 0. The maximum atomic E-state index is 13.0. The van der Waals surface area contributed by atoms with Crippen LogP contribution in [-0.4, -0.2) is 30.9 Å². The minimum atomic E-state index is -0.221. The Morgan fingerprint density at radius 3 is 2.71 bits per heavy atom. The van der Waals surface area contributed by atoms with E-state index < -0.39 is 0 Å². The molecular weight excluding hydrogens is 305 g/mol. The molecular formula is C20H22FNO2. The van der Waals surface area contributed by atoms with E-state index in [1.807, 2.05) is 24.3 Å². The van der Waals surface area contributed by atoms with Crippen molar-refractivity contribution in [3.8, 4) is 5.75 Å². The van der Waals surface area contributed by atoms with E-state index in [0.717, 1.165) is 38.0 Å². The highest BCUT2D eigenvalue weighted by molar-refractivity contribution is 6.00. The van der Waals surface area contributed by atoms with Crippen LogP contribution in [0.2, 0.25) is 0 Å². The topological polar surface area (TPSA) is 29.5 Å². The predicted molar refractivity (Wildman–Crippen MR) is 91.7 cm³/mol. The number of carbonyl (C=O) groups excluding carboxylic acids is 1. The molecule has 24 heavy (non-hydrogen) atoms. The molecule has 1 atom stereocenters. The second-order valence-electron chi connectivity index (χ2n) is 6.27. The number of ketones is 1. The Morgan fingerprint density at radius 1 is 1.21 bits per heavy atom. The van der Waals surface area contributed by atoms with E-state index in [-0.39, 0.29) is 17.5 Å². The zero-order valence-electron chi connectivity index (χ0n) is 13.9. The summed E-state index contributed by atoms with van der Waals surface area (Å²) in [6.07, 6.45) is 1.89. The number of methoxy groups -OCH3 is 1. The summed E-state index contributed by atoms with van der Waals surface area (Å²) in [4.78, 5) is 15.1. The Hall–Kier alpha value is -2.20. The summed E-state index contributed by atoms with van der Waals surface area (Å²) >= 11 is 0. The van der Waals surface area contributed by atoms with Crippen LogP contribution in [0.1, 0.15) is 28.8 Å². The Bertz CT molecular complexity index is 699. The van der Waals surface area contributed by atoms with Crippen LogP contribution in [0.3, 0.4) is 0 Å². The van der Waals surface area contributed by atoms with Crippen LogP contribution in [0.4, 0.5) is 4.39 Å². The summed E-state index contributed by atoms with van der Waals surface area (Å²) in [5.74, 6) is 0.548. The number of halogens is 1. The Balaban J connectivity index is 1.68. The molecule has 126 valence electrons. The lowest BCUT2D eigenvalue weighted by atomic mass is 9.89. The largest absolute Gasteiger partial charge is 0.496 e. The molecule has 0 unspecified atom stereocenters. The molecule has 3 rings (SSSR count). The number of rotatable bonds is 5. The van der Waals surface area contributed by atoms with E-state index >= 15 is 0 Å². The first-order valence-corrected chi connectivity index (χ1v) is 8.31. The van der Waals surface area contributed by atoms with Crippen LogP contribution in [-0.2, 0) is 6.54 Å². The number of likely N-dealkylation sites (tertiary alicyclic amines) is 1. The molecule has 0 aliphatic carbocycles. The predicted octanol–water partition coefficient (Wildman–Crippen LogP) is 3.93. The quantitative estimate of drug-likeness (QED) is 0.779. The molecule has 2 aromatic rings. The van der Waals surface area contributed by atoms with Gasteiger partial charge in [0.25, 0.3) is 0 Å². The van der Waals surface area contributed by atoms with Gasteiger partial charge in [-0.05, 0) is 49.2 Å². The Labute approximate surface area is 142 Å². The molecule has 0 N–H and O–H groups in total. The van der Waals surface area contributed by atoms with Gasteiger partial charge < -0.3 is 4.74 Å². The molecule has 1 aliphatic rings. The highest BCUT2D eigenvalue weighted by Crippen LogP contribution is 2.26. The summed E-state index contributed by atoms with van der Waals surface area (Å²) in [7, 11) is 1.59. The summed E-state index contributed by atoms with van der Waals surface area (Å²) < 4.78 is 18.3. The maximum Gasteiger partial charge on any atom is 0.170 e. The van der Waals surface area contributed by atoms with Crippen molar-refractivity contribution >= 4 is 5.78 Å². The molecule has 0 amide bonds. The van der Waals surface area contributed by atoms with Crippen LogP contribution in [0.25, 0.3) is 0 Å². The first-order chi connectivity index (χ1) is 11.7. The van der Waals surface area contributed by atoms with Crippen molar-refractivity contribution in [3.05, 3.63) is 65.5 Å². The van der Waals surface area contributed by atoms with Crippen molar-refractivity contribution in [2.75, 3.05) is 20.2 Å². The van der Waals surface area contributed by atoms with Crippen molar-refractivity contribution in [1.82, 2.24) is 4.90 Å². The zero-order chi connectivity index (χ0) is 16.9. The minimum Gasteiger partial charge on any atom is -0.496 e. The van der Waals surface area contributed by atoms with Crippen LogP contribution >= 0.6 is 0 Å². The van der Waals surface area contributed by atoms with E-state index in [4.69, 9.17) is 4.74 Å². The first kappa shape index (κ1) is 16.7. The Kier molecular flexibility index (Phi) is 5.26. The number of benzene rings is 2. The second-order valence-corrected chi connectivity index (χ2v) is 6.27. The van der Waals surface area contributed by atoms with Gasteiger partial charge >= 0.3 is 0 Å². The van der Waals surface area contributed by atoms with Gasteiger partial charge in [0.1, 0.15) is 11.6 Å². The van der Waals surface area contributed by atoms with Gasteiger partial charge in [-0.3, -0.25) is 9.69 Å². The third-order valence-electron chi connectivity index (χ3n) is 4.57. The number of Topliss-reactive ketones (excluding diaryl/α,β-unsaturated/α-hetero) is 1. The number of hydrogen-bond acceptors (Lipinski definition) is 3. The van der Waals surface area contributed by atoms with Crippen LogP contribution in [0.5, 0.6) is 5.75 Å². The van der Waals surface area contributed by atoms with Crippen molar-refractivity contribution in [2.45, 2.75) is 19.4 Å². The molecule has 0 bridgehead atoms. The standard InChI is InChI=1S/C20H22FNO2/c1-24-19-7-3-2-6-18(19)20(23)16-5-4-12-22(14-16)13-15-8-10-17(21)11-9-15/h2-3,6-11,16H,4-5,12-14H2,1H3/t16-/m0/s1. The van der Waals surface area contributed by atoms with E-state index in [0.29, 0.717) is 11.3 Å². The average molecular weight is 327 g/mol. The molecule has 0 spiro atoms. The van der Waals surface area contributed by atoms with E-state index in [1.165, 1.54) is 12.1 Å². The number of hydrogen-bond donors (Lipinski definition) is 0. The second kappa shape index (κ2) is 7.58. The van der Waals surface area contributed by atoms with Crippen molar-refractivity contribution in [2.24, 2.45) is 5.92 Å². The summed E-state index contributed by atoms with van der Waals surface area (Å²) in [6, 6.07) is 14.0. The first-order valence-electron chi connectivity index (χ1n) is 8.31. The van der Waals surface area contributed by atoms with Crippen molar-refractivity contribution < 1.29 is 13.9 Å². The SMILES string of the molecule is COc1ccccc1C(=O)[C@H]1CCCN(Cc2ccc(F)cc2)C1. The summed E-state index contributed by atoms with van der Waals surface area (Å²) in [6.45, 7) is 2.44. The highest BCUT2D eigenvalue weighted by atomic mass is 19.1. The summed E-state index contributed by atoms with van der Waals surface area (Å²) in [5.41, 5.74) is 1.73. The molecule has 0 radical (unpaired) electrons. The highest BCUT2D eigenvalue weighted by Gasteiger charge is 2.28. The molecule has 1 heterocycles. The number of para-hydroxylation sites is 1. The number of ether oxygens (including phenoxy) is 1. The van der Waals surface area contributed by atoms with Gasteiger partial charge in [0.2, 0.25) is 0 Å². The fourth-order valence-corrected chi connectivity index (χ4v) is 3.33. The molecule has 4 heteroatoms. The minimum absolute atomic E-state index is 0.0181. The van der Waals surface area contributed by atoms with Crippen molar-refractivity contribution in [3.63, 3.8) is 0 Å². The van der Waals surface area contributed by atoms with E-state index in [9.17, 15) is 9.18 Å². The fourth-order valence-electron chi connectivity index (χ4n) is 3.33. The van der Waals surface area contributed by atoms with Crippen LogP contribution in [0.15, 0.2) is 48.5 Å². The third-order valence-corrected chi connectivity index (χ3v) is 4.57. The molecule has 2 aromatic carbocycles. The monoisotopic (exact) mass is 327 g/mol. The van der Waals surface area contributed by atoms with Crippen molar-refractivity contribution in [1.29, 1.82) is 0 Å². The lowest BCUT2D eigenvalue weighted by Crippen LogP contribution is -2.38. The smallest absolute Gasteiger partial charge is 0.170 e. The molecule has 3 nitrogen and oxygen atoms in total. The molecule has 1 saturated heterocycles. The van der Waals surface area contributed by atoms with Gasteiger partial charge in [0.15, 0.2) is 5.78 Å². The van der Waals surface area contributed by atoms with Gasteiger partial charge in [0, 0.05) is 19.0 Å². The number of nitrogens with zero attached hydrogens (tertiary/aromatic N) is 1. The van der Waals surface area contributed by atoms with Gasteiger partial charge in [0.05, 0.1) is 12.7 Å². The van der Waals surface area contributed by atoms with Crippen LogP contribution in [0, 0.1) is 11.7 Å². The maximum absolute atomic E-state index is 13.0. The zero-order valence-corrected chi connectivity index (χ0v) is 13.9. The average Bonchev–Trinajstić information content (AvgIpc) is 2.63. The lowest BCUT2D eigenvalue weighted by Gasteiger charge is -2.32. The van der Waals surface area contributed by atoms with Gasteiger partial charge in [-0.2, -0.15) is 0 Å². The van der Waals surface area contributed by atoms with Gasteiger partial charge in [-0.25, -0.2) is 4.39 Å². The van der Waals surface area contributed by atoms with Crippen LogP contribution < -0.4 is 4.74 Å². The lowest BCUT2D eigenvalue weighted by molar-refractivity contribution is 0.0808. The number of piperidine rings is 1. The van der Waals surface area contributed by atoms with Gasteiger partial charge in [-0.15, -0.1) is 0 Å². The Morgan fingerprint density at radius 2 is 1.96 bits per heavy atom. The fraction of sp³-hybridized carbons (Fsp3) is 0.350. The number of carbonyl (C=O) groups is 1.